The molecule has 1 amide bonds. The van der Waals surface area contributed by atoms with Crippen molar-refractivity contribution in [3.8, 4) is 0 Å². The summed E-state index contributed by atoms with van der Waals surface area (Å²) in [5, 5.41) is 3.40. The Labute approximate surface area is 135 Å². The van der Waals surface area contributed by atoms with Gasteiger partial charge in [-0.1, -0.05) is 12.1 Å². The monoisotopic (exact) mass is 350 g/mol. The smallest absolute Gasteiger partial charge is 0.255 e. The highest BCUT2D eigenvalue weighted by Crippen LogP contribution is 2.32. The number of piperidine rings is 1. The van der Waals surface area contributed by atoms with Crippen molar-refractivity contribution in [3.63, 3.8) is 0 Å². The molecule has 3 rings (SSSR count). The lowest BCUT2D eigenvalue weighted by Gasteiger charge is -2.30. The first-order valence-corrected chi connectivity index (χ1v) is 8.73. The average molecular weight is 351 g/mol. The van der Waals surface area contributed by atoms with Gasteiger partial charge in [0.25, 0.3) is 5.91 Å². The van der Waals surface area contributed by atoms with Crippen LogP contribution in [0, 0.1) is 12.8 Å². The molecule has 0 atom stereocenters. The summed E-state index contributed by atoms with van der Waals surface area (Å²) in [6.07, 6.45) is 4.71. The molecule has 0 radical (unpaired) electrons. The van der Waals surface area contributed by atoms with Crippen LogP contribution in [0.15, 0.2) is 22.7 Å². The van der Waals surface area contributed by atoms with Gasteiger partial charge in [0, 0.05) is 17.1 Å². The van der Waals surface area contributed by atoms with E-state index in [2.05, 4.69) is 26.1 Å². The second-order valence-corrected chi connectivity index (χ2v) is 7.11. The fourth-order valence-corrected chi connectivity index (χ4v) is 3.53. The first-order chi connectivity index (χ1) is 10.2. The van der Waals surface area contributed by atoms with Crippen LogP contribution in [-0.4, -0.2) is 36.5 Å². The van der Waals surface area contributed by atoms with Crippen molar-refractivity contribution in [1.82, 2.24) is 10.2 Å². The van der Waals surface area contributed by atoms with Crippen LogP contribution >= 0.6 is 15.9 Å². The van der Waals surface area contributed by atoms with E-state index in [1.807, 2.05) is 25.1 Å². The predicted octanol–water partition coefficient (Wildman–Crippen LogP) is 3.36. The van der Waals surface area contributed by atoms with Crippen molar-refractivity contribution >= 4 is 21.8 Å². The molecule has 1 aliphatic heterocycles. The van der Waals surface area contributed by atoms with Gasteiger partial charge in [-0.2, -0.15) is 0 Å². The van der Waals surface area contributed by atoms with Crippen LogP contribution in [0.1, 0.15) is 41.6 Å². The highest BCUT2D eigenvalue weighted by Gasteiger charge is 2.35. The molecule has 0 spiro atoms. The maximum atomic E-state index is 13.0. The number of carbonyl (C=O) groups excluding carboxylic acids is 1. The molecule has 1 saturated heterocycles. The number of benzene rings is 1. The minimum atomic E-state index is 0.201. The Kier molecular flexibility index (Phi) is 4.65. The fraction of sp³-hybridized carbons (Fsp3) is 0.588. The first kappa shape index (κ1) is 15.0. The minimum absolute atomic E-state index is 0.201. The van der Waals surface area contributed by atoms with E-state index in [1.165, 1.54) is 25.7 Å². The number of nitrogens with zero attached hydrogens (tertiary/aromatic N) is 1. The van der Waals surface area contributed by atoms with Crippen LogP contribution < -0.4 is 5.32 Å². The highest BCUT2D eigenvalue weighted by molar-refractivity contribution is 9.10. The molecule has 0 unspecified atom stereocenters. The van der Waals surface area contributed by atoms with E-state index in [1.54, 1.807) is 0 Å². The third kappa shape index (κ3) is 3.49. The largest absolute Gasteiger partial charge is 0.335 e. The summed E-state index contributed by atoms with van der Waals surface area (Å²) >= 11 is 3.59. The molecule has 1 aliphatic carbocycles. The predicted molar refractivity (Wildman–Crippen MR) is 88.5 cm³/mol. The summed E-state index contributed by atoms with van der Waals surface area (Å²) in [4.78, 5) is 15.1. The van der Waals surface area contributed by atoms with E-state index >= 15 is 0 Å². The van der Waals surface area contributed by atoms with Gasteiger partial charge in [0.2, 0.25) is 0 Å². The molecule has 1 saturated carbocycles. The number of rotatable bonds is 4. The fourth-order valence-electron chi connectivity index (χ4n) is 3.09. The quantitative estimate of drug-likeness (QED) is 0.902. The lowest BCUT2D eigenvalue weighted by atomic mass is 9.97. The van der Waals surface area contributed by atoms with Crippen LogP contribution in [-0.2, 0) is 0 Å². The van der Waals surface area contributed by atoms with E-state index in [-0.39, 0.29) is 5.91 Å². The molecule has 4 heteroatoms. The van der Waals surface area contributed by atoms with E-state index in [0.29, 0.717) is 12.0 Å². The molecular weight excluding hydrogens is 328 g/mol. The van der Waals surface area contributed by atoms with Gasteiger partial charge in [0.1, 0.15) is 0 Å². The number of halogens is 1. The van der Waals surface area contributed by atoms with E-state index < -0.39 is 0 Å². The summed E-state index contributed by atoms with van der Waals surface area (Å²) in [7, 11) is 0. The first-order valence-electron chi connectivity index (χ1n) is 7.93. The Bertz CT molecular complexity index is 522. The number of hydrogen-bond donors (Lipinski definition) is 1. The zero-order valence-corrected chi connectivity index (χ0v) is 14.2. The normalized spacial score (nSPS) is 19.5. The second kappa shape index (κ2) is 6.49. The number of nitrogens with one attached hydrogen (secondary N) is 1. The summed E-state index contributed by atoms with van der Waals surface area (Å²) < 4.78 is 0.950. The van der Waals surface area contributed by atoms with Crippen LogP contribution in [0.4, 0.5) is 0 Å². The van der Waals surface area contributed by atoms with Crippen molar-refractivity contribution < 1.29 is 4.79 Å². The van der Waals surface area contributed by atoms with Crippen LogP contribution in [0.25, 0.3) is 0 Å². The third-order valence-corrected chi connectivity index (χ3v) is 5.64. The topological polar surface area (TPSA) is 32.3 Å². The van der Waals surface area contributed by atoms with E-state index in [9.17, 15) is 4.79 Å². The van der Waals surface area contributed by atoms with E-state index in [4.69, 9.17) is 0 Å². The Morgan fingerprint density at radius 2 is 2.00 bits per heavy atom. The molecule has 3 nitrogen and oxygen atoms in total. The summed E-state index contributed by atoms with van der Waals surface area (Å²) in [5.41, 5.74) is 1.94. The van der Waals surface area contributed by atoms with Crippen molar-refractivity contribution in [1.29, 1.82) is 0 Å². The third-order valence-electron chi connectivity index (χ3n) is 4.58. The molecule has 21 heavy (non-hydrogen) atoms. The molecule has 114 valence electrons. The Morgan fingerprint density at radius 3 is 2.67 bits per heavy atom. The number of aryl methyl sites for hydroxylation is 1. The maximum Gasteiger partial charge on any atom is 0.255 e. The maximum absolute atomic E-state index is 13.0. The van der Waals surface area contributed by atoms with Gasteiger partial charge in [0.05, 0.1) is 5.56 Å². The van der Waals surface area contributed by atoms with Gasteiger partial charge in [-0.05, 0) is 79.2 Å². The minimum Gasteiger partial charge on any atom is -0.335 e. The second-order valence-electron chi connectivity index (χ2n) is 6.32. The number of hydrogen-bond acceptors (Lipinski definition) is 2. The number of carbonyl (C=O) groups is 1. The number of amides is 1. The zero-order valence-electron chi connectivity index (χ0n) is 12.6. The molecular formula is C17H23BrN2O. The Morgan fingerprint density at radius 1 is 1.29 bits per heavy atom. The van der Waals surface area contributed by atoms with Gasteiger partial charge in [-0.15, -0.1) is 0 Å². The average Bonchev–Trinajstić information content (AvgIpc) is 3.33. The lowest BCUT2D eigenvalue weighted by molar-refractivity contribution is 0.0700. The summed E-state index contributed by atoms with van der Waals surface area (Å²) in [6, 6.07) is 6.43. The van der Waals surface area contributed by atoms with Gasteiger partial charge in [0.15, 0.2) is 0 Å². The molecule has 1 N–H and O–H groups in total. The van der Waals surface area contributed by atoms with Crippen molar-refractivity contribution in [3.05, 3.63) is 33.8 Å². The van der Waals surface area contributed by atoms with Crippen LogP contribution in [0.3, 0.4) is 0 Å². The standard InChI is InChI=1S/C17H23BrN2O/c1-12-3-2-4-15(16(12)18)17(21)20(14-5-6-14)11-13-7-9-19-10-8-13/h2-4,13-14,19H,5-11H2,1H3. The van der Waals surface area contributed by atoms with Gasteiger partial charge in [-0.3, -0.25) is 4.79 Å². The molecule has 0 aromatic heterocycles. The molecule has 1 aromatic rings. The van der Waals surface area contributed by atoms with Gasteiger partial charge in [-0.25, -0.2) is 0 Å². The lowest BCUT2D eigenvalue weighted by Crippen LogP contribution is -2.40. The molecule has 1 heterocycles. The van der Waals surface area contributed by atoms with Crippen LogP contribution in [0.5, 0.6) is 0 Å². The van der Waals surface area contributed by atoms with Crippen molar-refractivity contribution in [2.75, 3.05) is 19.6 Å². The summed E-state index contributed by atoms with van der Waals surface area (Å²) in [6.45, 7) is 5.14. The zero-order chi connectivity index (χ0) is 14.8. The highest BCUT2D eigenvalue weighted by atomic mass is 79.9. The van der Waals surface area contributed by atoms with Crippen LogP contribution in [0.2, 0.25) is 0 Å². The van der Waals surface area contributed by atoms with E-state index in [0.717, 1.165) is 35.2 Å². The summed E-state index contributed by atoms with van der Waals surface area (Å²) in [5.74, 6) is 0.853. The van der Waals surface area contributed by atoms with Crippen molar-refractivity contribution in [2.45, 2.75) is 38.6 Å². The molecule has 0 bridgehead atoms. The van der Waals surface area contributed by atoms with Gasteiger partial charge < -0.3 is 10.2 Å². The molecule has 2 aliphatic rings. The Balaban J connectivity index is 1.76. The SMILES string of the molecule is Cc1cccc(C(=O)N(CC2CCNCC2)C2CC2)c1Br. The van der Waals surface area contributed by atoms with Gasteiger partial charge >= 0.3 is 0 Å². The van der Waals surface area contributed by atoms with Crippen molar-refractivity contribution in [2.24, 2.45) is 5.92 Å². The Hall–Kier alpha value is -0.870. The molecule has 2 fully saturated rings. The molecule has 1 aromatic carbocycles.